The maximum absolute atomic E-state index is 12.6. The van der Waals surface area contributed by atoms with E-state index in [0.717, 1.165) is 21.9 Å². The van der Waals surface area contributed by atoms with E-state index >= 15 is 0 Å². The van der Waals surface area contributed by atoms with Crippen molar-refractivity contribution >= 4 is 74.0 Å². The van der Waals surface area contributed by atoms with E-state index in [1.807, 2.05) is 60.7 Å². The number of hydrogen-bond donors (Lipinski definition) is 2. The summed E-state index contributed by atoms with van der Waals surface area (Å²) in [4.78, 5) is 17.3. The summed E-state index contributed by atoms with van der Waals surface area (Å²) in [5, 5.41) is 8.31. The van der Waals surface area contributed by atoms with E-state index in [2.05, 4.69) is 10.6 Å². The smallest absolute Gasteiger partial charge is 0.257 e. The average molecular weight is 522 g/mol. The molecule has 2 N–H and O–H groups in total. The zero-order chi connectivity index (χ0) is 24.5. The number of benzene rings is 4. The summed E-state index contributed by atoms with van der Waals surface area (Å²) in [5.74, 6) is 0.322. The SMILES string of the molecule is COc1c(Cl)cc(C(=O)NC(=S)Nc2cccc(-c3nc4c(ccc5ccccc54)o3)c2)cc1Cl. The molecule has 4 aromatic carbocycles. The van der Waals surface area contributed by atoms with Crippen LogP contribution in [0.3, 0.4) is 0 Å². The maximum atomic E-state index is 12.6. The normalized spacial score (nSPS) is 10.9. The number of halogens is 2. The van der Waals surface area contributed by atoms with E-state index < -0.39 is 5.91 Å². The number of oxazole rings is 1. The number of thiocarbonyl (C=S) groups is 1. The van der Waals surface area contributed by atoms with Gasteiger partial charge in [0.2, 0.25) is 5.89 Å². The van der Waals surface area contributed by atoms with Gasteiger partial charge in [0.05, 0.1) is 17.2 Å². The molecule has 5 rings (SSSR count). The van der Waals surface area contributed by atoms with Crippen molar-refractivity contribution in [2.24, 2.45) is 0 Å². The molecule has 0 saturated carbocycles. The van der Waals surface area contributed by atoms with Crippen molar-refractivity contribution in [2.75, 3.05) is 12.4 Å². The Morgan fingerprint density at radius 2 is 1.77 bits per heavy atom. The summed E-state index contributed by atoms with van der Waals surface area (Å²) >= 11 is 17.6. The van der Waals surface area contributed by atoms with E-state index in [4.69, 9.17) is 49.6 Å². The quantitative estimate of drug-likeness (QED) is 0.246. The number of rotatable bonds is 4. The van der Waals surface area contributed by atoms with Crippen molar-refractivity contribution in [1.29, 1.82) is 0 Å². The molecule has 0 radical (unpaired) electrons. The molecule has 1 amide bonds. The van der Waals surface area contributed by atoms with Crippen molar-refractivity contribution in [1.82, 2.24) is 10.3 Å². The zero-order valence-electron chi connectivity index (χ0n) is 18.3. The van der Waals surface area contributed by atoms with Crippen molar-refractivity contribution in [3.8, 4) is 17.2 Å². The van der Waals surface area contributed by atoms with Crippen LogP contribution in [0.5, 0.6) is 5.75 Å². The van der Waals surface area contributed by atoms with Gasteiger partial charge in [0.1, 0.15) is 5.52 Å². The van der Waals surface area contributed by atoms with Gasteiger partial charge in [-0.15, -0.1) is 0 Å². The van der Waals surface area contributed by atoms with Crippen molar-refractivity contribution < 1.29 is 13.9 Å². The number of nitrogens with one attached hydrogen (secondary N) is 2. The van der Waals surface area contributed by atoms with Crippen LogP contribution < -0.4 is 15.4 Å². The predicted molar refractivity (Wildman–Crippen MR) is 144 cm³/mol. The molecule has 0 atom stereocenters. The van der Waals surface area contributed by atoms with Crippen LogP contribution in [0.15, 0.2) is 77.2 Å². The van der Waals surface area contributed by atoms with Gasteiger partial charge in [-0.3, -0.25) is 10.1 Å². The van der Waals surface area contributed by atoms with Gasteiger partial charge in [0.25, 0.3) is 5.91 Å². The van der Waals surface area contributed by atoms with Crippen LogP contribution in [-0.2, 0) is 0 Å². The molecule has 1 heterocycles. The predicted octanol–water partition coefficient (Wildman–Crippen LogP) is 7.09. The van der Waals surface area contributed by atoms with E-state index in [9.17, 15) is 4.79 Å². The standard InChI is InChI=1S/C26H17Cl2N3O3S/c1-33-23-19(27)12-16(13-20(23)28)24(32)31-26(35)29-17-7-4-6-15(11-17)25-30-22-18-8-3-2-5-14(18)9-10-21(22)34-25/h2-13H,1H3,(H2,29,31,32,35). The average Bonchev–Trinajstić information content (AvgIpc) is 3.29. The number of nitrogens with zero attached hydrogens (tertiary/aromatic N) is 1. The molecule has 0 aliphatic heterocycles. The number of ether oxygens (including phenoxy) is 1. The second-order valence-electron chi connectivity index (χ2n) is 7.61. The van der Waals surface area contributed by atoms with E-state index in [1.54, 1.807) is 0 Å². The first-order chi connectivity index (χ1) is 16.9. The number of fused-ring (bicyclic) bond motifs is 3. The van der Waals surface area contributed by atoms with E-state index in [1.165, 1.54) is 19.2 Å². The fourth-order valence-corrected chi connectivity index (χ4v) is 4.59. The van der Waals surface area contributed by atoms with E-state index in [0.29, 0.717) is 22.9 Å². The number of methoxy groups -OCH3 is 1. The van der Waals surface area contributed by atoms with Crippen molar-refractivity contribution in [2.45, 2.75) is 0 Å². The lowest BCUT2D eigenvalue weighted by atomic mass is 10.1. The Balaban J connectivity index is 1.34. The largest absolute Gasteiger partial charge is 0.494 e. The van der Waals surface area contributed by atoms with Crippen LogP contribution in [0, 0.1) is 0 Å². The number of amides is 1. The molecule has 0 bridgehead atoms. The molecule has 1 aromatic heterocycles. The topological polar surface area (TPSA) is 76.4 Å². The third-order valence-corrected chi connectivity index (χ3v) is 6.11. The fourth-order valence-electron chi connectivity index (χ4n) is 3.74. The first kappa shape index (κ1) is 23.1. The van der Waals surface area contributed by atoms with Crippen molar-refractivity contribution in [3.05, 3.63) is 88.4 Å². The Hall–Kier alpha value is -3.65. The third-order valence-electron chi connectivity index (χ3n) is 5.34. The second-order valence-corrected chi connectivity index (χ2v) is 8.84. The van der Waals surface area contributed by atoms with Gasteiger partial charge in [0, 0.05) is 22.2 Å². The van der Waals surface area contributed by atoms with Crippen LogP contribution in [0.1, 0.15) is 10.4 Å². The molecule has 0 spiro atoms. The minimum absolute atomic E-state index is 0.110. The van der Waals surface area contributed by atoms with Gasteiger partial charge in [0.15, 0.2) is 16.4 Å². The van der Waals surface area contributed by atoms with Crippen molar-refractivity contribution in [3.63, 3.8) is 0 Å². The molecule has 0 unspecified atom stereocenters. The molecule has 0 saturated heterocycles. The molecule has 0 aliphatic carbocycles. The zero-order valence-corrected chi connectivity index (χ0v) is 20.6. The number of anilines is 1. The Kier molecular flexibility index (Phi) is 6.30. The molecular formula is C26H17Cl2N3O3S. The molecule has 9 heteroatoms. The molecular weight excluding hydrogens is 505 g/mol. The highest BCUT2D eigenvalue weighted by Crippen LogP contribution is 2.34. The fraction of sp³-hybridized carbons (Fsp3) is 0.0385. The lowest BCUT2D eigenvalue weighted by Crippen LogP contribution is -2.34. The summed E-state index contributed by atoms with van der Waals surface area (Å²) in [6, 6.07) is 22.3. The van der Waals surface area contributed by atoms with Crippen LogP contribution in [-0.4, -0.2) is 23.1 Å². The molecule has 35 heavy (non-hydrogen) atoms. The number of carbonyl (C=O) groups is 1. The van der Waals surface area contributed by atoms with Crippen LogP contribution in [0.4, 0.5) is 5.69 Å². The lowest BCUT2D eigenvalue weighted by Gasteiger charge is -2.12. The molecule has 5 aromatic rings. The summed E-state index contributed by atoms with van der Waals surface area (Å²) < 4.78 is 11.1. The minimum atomic E-state index is -0.462. The number of aromatic nitrogens is 1. The van der Waals surface area contributed by atoms with Crippen LogP contribution in [0.25, 0.3) is 33.3 Å². The summed E-state index contributed by atoms with van der Waals surface area (Å²) in [6.45, 7) is 0. The monoisotopic (exact) mass is 521 g/mol. The highest BCUT2D eigenvalue weighted by molar-refractivity contribution is 7.80. The summed E-state index contributed by atoms with van der Waals surface area (Å²) in [5.41, 5.74) is 3.17. The second kappa shape index (κ2) is 9.54. The first-order valence-electron chi connectivity index (χ1n) is 10.5. The third kappa shape index (κ3) is 4.66. The number of carbonyl (C=O) groups excluding carboxylic acids is 1. The molecule has 0 fully saturated rings. The Morgan fingerprint density at radius 3 is 2.54 bits per heavy atom. The van der Waals surface area contributed by atoms with Gasteiger partial charge in [-0.2, -0.15) is 0 Å². The van der Waals surface area contributed by atoms with Crippen LogP contribution >= 0.6 is 35.4 Å². The highest BCUT2D eigenvalue weighted by Gasteiger charge is 2.15. The molecule has 174 valence electrons. The Morgan fingerprint density at radius 1 is 1.00 bits per heavy atom. The Labute approximate surface area is 215 Å². The first-order valence-corrected chi connectivity index (χ1v) is 11.6. The molecule has 0 aliphatic rings. The maximum Gasteiger partial charge on any atom is 0.257 e. The Bertz CT molecular complexity index is 1590. The van der Waals surface area contributed by atoms with Gasteiger partial charge in [-0.05, 0) is 54.0 Å². The van der Waals surface area contributed by atoms with Gasteiger partial charge in [-0.25, -0.2) is 4.98 Å². The lowest BCUT2D eigenvalue weighted by molar-refractivity contribution is 0.0977. The molecule has 6 nitrogen and oxygen atoms in total. The number of hydrogen-bond acceptors (Lipinski definition) is 5. The van der Waals surface area contributed by atoms with Gasteiger partial charge in [-0.1, -0.05) is 59.6 Å². The summed E-state index contributed by atoms with van der Waals surface area (Å²) in [7, 11) is 1.45. The van der Waals surface area contributed by atoms with Gasteiger partial charge >= 0.3 is 0 Å². The summed E-state index contributed by atoms with van der Waals surface area (Å²) in [6.07, 6.45) is 0. The van der Waals surface area contributed by atoms with Gasteiger partial charge < -0.3 is 14.5 Å². The van der Waals surface area contributed by atoms with Crippen LogP contribution in [0.2, 0.25) is 10.0 Å². The van der Waals surface area contributed by atoms with E-state index in [-0.39, 0.29) is 20.7 Å². The highest BCUT2D eigenvalue weighted by atomic mass is 35.5. The minimum Gasteiger partial charge on any atom is -0.494 e.